The van der Waals surface area contributed by atoms with E-state index in [2.05, 4.69) is 13.8 Å². The fourth-order valence-electron chi connectivity index (χ4n) is 8.44. The summed E-state index contributed by atoms with van der Waals surface area (Å²) < 4.78 is 0. The van der Waals surface area contributed by atoms with E-state index >= 15 is 0 Å². The molecule has 4 fully saturated rings. The van der Waals surface area contributed by atoms with Crippen LogP contribution < -0.4 is 0 Å². The predicted octanol–water partition coefficient (Wildman–Crippen LogP) is 2.93. The summed E-state index contributed by atoms with van der Waals surface area (Å²) >= 11 is 0. The lowest BCUT2D eigenvalue weighted by molar-refractivity contribution is -0.203. The molecule has 0 bridgehead atoms. The molecule has 4 saturated carbocycles. The monoisotopic (exact) mass is 364 g/mol. The van der Waals surface area contributed by atoms with Gasteiger partial charge in [-0.1, -0.05) is 20.8 Å². The van der Waals surface area contributed by atoms with Gasteiger partial charge in [0.25, 0.3) is 0 Å². The lowest BCUT2D eigenvalue weighted by Gasteiger charge is -2.62. The average Bonchev–Trinajstić information content (AvgIpc) is 2.76. The van der Waals surface area contributed by atoms with Gasteiger partial charge in [0, 0.05) is 5.41 Å². The largest absolute Gasteiger partial charge is 0.393 e. The third-order valence-corrected chi connectivity index (χ3v) is 9.69. The Hall–Kier alpha value is -0.450. The normalized spacial score (nSPS) is 59.3. The number of hydrogen-bond donors (Lipinski definition) is 3. The topological polar surface area (TPSA) is 77.8 Å². The van der Waals surface area contributed by atoms with Crippen LogP contribution in [0.2, 0.25) is 0 Å². The Morgan fingerprint density at radius 2 is 1.77 bits per heavy atom. The zero-order valence-electron chi connectivity index (χ0n) is 16.7. The van der Waals surface area contributed by atoms with Crippen molar-refractivity contribution >= 4 is 5.78 Å². The van der Waals surface area contributed by atoms with Gasteiger partial charge in [0.2, 0.25) is 0 Å². The minimum Gasteiger partial charge on any atom is -0.393 e. The van der Waals surface area contributed by atoms with Crippen molar-refractivity contribution in [2.75, 3.05) is 0 Å². The Balaban J connectivity index is 1.73. The second kappa shape index (κ2) is 5.78. The van der Waals surface area contributed by atoms with Gasteiger partial charge in [0.15, 0.2) is 5.78 Å². The molecule has 0 heterocycles. The second-order valence-electron chi connectivity index (χ2n) is 10.7. The molecule has 4 aliphatic rings. The molecular weight excluding hydrogens is 328 g/mol. The number of hydrogen-bond acceptors (Lipinski definition) is 4. The molecule has 0 aliphatic heterocycles. The number of aliphatic hydroxyl groups is 3. The SMILES string of the molecule is CC(=O)[C@@]1(O)[C@H](C)C[C@H]2[C@@H]3CC[C@H]4C[C@H](O)CC[C@]4(C)[C@@H]3[C@H](O)C[C@@]21C. The van der Waals surface area contributed by atoms with Crippen LogP contribution in [0.1, 0.15) is 72.6 Å². The van der Waals surface area contributed by atoms with E-state index in [-0.39, 0.29) is 29.1 Å². The number of aliphatic hydroxyl groups excluding tert-OH is 2. The van der Waals surface area contributed by atoms with Crippen LogP contribution in [0.3, 0.4) is 0 Å². The number of fused-ring (bicyclic) bond motifs is 5. The fraction of sp³-hybridized carbons (Fsp3) is 0.955. The van der Waals surface area contributed by atoms with Gasteiger partial charge in [-0.05, 0) is 86.9 Å². The highest BCUT2D eigenvalue weighted by Crippen LogP contribution is 2.69. The van der Waals surface area contributed by atoms with Crippen LogP contribution in [0.4, 0.5) is 0 Å². The van der Waals surface area contributed by atoms with Gasteiger partial charge in [-0.2, -0.15) is 0 Å². The van der Waals surface area contributed by atoms with E-state index in [9.17, 15) is 20.1 Å². The molecule has 26 heavy (non-hydrogen) atoms. The first-order valence-electron chi connectivity index (χ1n) is 10.6. The molecule has 3 N–H and O–H groups in total. The van der Waals surface area contributed by atoms with E-state index in [1.54, 1.807) is 0 Å². The quantitative estimate of drug-likeness (QED) is 0.668. The van der Waals surface area contributed by atoms with Gasteiger partial charge in [0.05, 0.1) is 12.2 Å². The summed E-state index contributed by atoms with van der Waals surface area (Å²) in [5, 5.41) is 32.9. The summed E-state index contributed by atoms with van der Waals surface area (Å²) in [4.78, 5) is 12.5. The van der Waals surface area contributed by atoms with Gasteiger partial charge in [-0.25, -0.2) is 0 Å². The first-order chi connectivity index (χ1) is 12.1. The molecular formula is C22H36O4. The standard InChI is InChI=1S/C22H36O4/c1-12-9-17-16-6-5-14-10-15(24)7-8-20(14,3)19(16)18(25)11-21(17,4)22(12,26)13(2)23/h12,14-19,24-26H,5-11H2,1-4H3/t12-,14+,15-,16+,17+,18-,19+,20+,21+,22+/m1/s1. The molecule has 4 nitrogen and oxygen atoms in total. The van der Waals surface area contributed by atoms with Crippen molar-refractivity contribution in [2.24, 2.45) is 40.4 Å². The Morgan fingerprint density at radius 1 is 1.08 bits per heavy atom. The van der Waals surface area contributed by atoms with E-state index in [0.717, 1.165) is 38.5 Å². The van der Waals surface area contributed by atoms with Crippen LogP contribution in [0.15, 0.2) is 0 Å². The molecule has 10 atom stereocenters. The second-order valence-corrected chi connectivity index (χ2v) is 10.7. The Bertz CT molecular complexity index is 605. The van der Waals surface area contributed by atoms with Crippen molar-refractivity contribution in [3.05, 3.63) is 0 Å². The van der Waals surface area contributed by atoms with Crippen molar-refractivity contribution in [1.82, 2.24) is 0 Å². The van der Waals surface area contributed by atoms with E-state index in [1.165, 1.54) is 6.92 Å². The van der Waals surface area contributed by atoms with Gasteiger partial charge < -0.3 is 15.3 Å². The highest BCUT2D eigenvalue weighted by molar-refractivity contribution is 5.86. The molecule has 4 rings (SSSR count). The van der Waals surface area contributed by atoms with Crippen LogP contribution in [0.25, 0.3) is 0 Å². The van der Waals surface area contributed by atoms with Crippen LogP contribution in [0, 0.1) is 40.4 Å². The van der Waals surface area contributed by atoms with Crippen molar-refractivity contribution < 1.29 is 20.1 Å². The summed E-state index contributed by atoms with van der Waals surface area (Å²) in [5.74, 6) is 1.19. The molecule has 0 aromatic heterocycles. The minimum atomic E-state index is -1.32. The number of rotatable bonds is 1. The molecule has 0 aromatic rings. The first-order valence-corrected chi connectivity index (χ1v) is 10.6. The maximum absolute atomic E-state index is 12.5. The lowest BCUT2D eigenvalue weighted by atomic mass is 9.43. The van der Waals surface area contributed by atoms with Crippen LogP contribution in [0.5, 0.6) is 0 Å². The van der Waals surface area contributed by atoms with Crippen molar-refractivity contribution in [2.45, 2.75) is 90.4 Å². The van der Waals surface area contributed by atoms with Crippen molar-refractivity contribution in [3.63, 3.8) is 0 Å². The molecule has 148 valence electrons. The summed E-state index contributed by atoms with van der Waals surface area (Å²) in [6.07, 6.45) is 5.56. The molecule has 4 heteroatoms. The minimum absolute atomic E-state index is 0.0559. The van der Waals surface area contributed by atoms with E-state index in [1.807, 2.05) is 6.92 Å². The summed E-state index contributed by atoms with van der Waals surface area (Å²) in [6.45, 7) is 7.92. The summed E-state index contributed by atoms with van der Waals surface area (Å²) in [7, 11) is 0. The Kier molecular flexibility index (Phi) is 4.20. The summed E-state index contributed by atoms with van der Waals surface area (Å²) in [6, 6.07) is 0. The zero-order valence-corrected chi connectivity index (χ0v) is 16.7. The van der Waals surface area contributed by atoms with Crippen LogP contribution >= 0.6 is 0 Å². The van der Waals surface area contributed by atoms with Crippen molar-refractivity contribution in [1.29, 1.82) is 0 Å². The third kappa shape index (κ3) is 2.15. The molecule has 4 aliphatic carbocycles. The molecule has 0 saturated heterocycles. The van der Waals surface area contributed by atoms with E-state index < -0.39 is 17.1 Å². The molecule has 0 unspecified atom stereocenters. The number of Topliss-reactive ketones (excluding diaryl/α,β-unsaturated/α-hetero) is 1. The van der Waals surface area contributed by atoms with Gasteiger partial charge in [-0.3, -0.25) is 4.79 Å². The Labute approximate surface area is 157 Å². The van der Waals surface area contributed by atoms with Gasteiger partial charge in [0.1, 0.15) is 5.60 Å². The molecule has 0 aromatic carbocycles. The molecule has 0 amide bonds. The van der Waals surface area contributed by atoms with Crippen LogP contribution in [-0.2, 0) is 4.79 Å². The van der Waals surface area contributed by atoms with E-state index in [0.29, 0.717) is 24.2 Å². The third-order valence-electron chi connectivity index (χ3n) is 9.69. The average molecular weight is 365 g/mol. The maximum Gasteiger partial charge on any atom is 0.162 e. The first kappa shape index (κ1) is 18.9. The highest BCUT2D eigenvalue weighted by Gasteiger charge is 2.70. The smallest absolute Gasteiger partial charge is 0.162 e. The summed E-state index contributed by atoms with van der Waals surface area (Å²) in [5.41, 5.74) is -1.77. The lowest BCUT2D eigenvalue weighted by Crippen LogP contribution is -2.63. The predicted molar refractivity (Wildman–Crippen MR) is 99.3 cm³/mol. The number of ketones is 1. The fourth-order valence-corrected chi connectivity index (χ4v) is 8.44. The number of carbonyl (C=O) groups is 1. The molecule has 0 radical (unpaired) electrons. The number of carbonyl (C=O) groups excluding carboxylic acids is 1. The highest BCUT2D eigenvalue weighted by atomic mass is 16.3. The Morgan fingerprint density at radius 3 is 2.42 bits per heavy atom. The van der Waals surface area contributed by atoms with Crippen molar-refractivity contribution in [3.8, 4) is 0 Å². The maximum atomic E-state index is 12.5. The van der Waals surface area contributed by atoms with E-state index in [4.69, 9.17) is 0 Å². The van der Waals surface area contributed by atoms with Gasteiger partial charge in [-0.15, -0.1) is 0 Å². The van der Waals surface area contributed by atoms with Gasteiger partial charge >= 0.3 is 0 Å². The molecule has 0 spiro atoms. The zero-order chi connectivity index (χ0) is 19.1. The van der Waals surface area contributed by atoms with Crippen LogP contribution in [-0.4, -0.2) is 38.9 Å².